The average Bonchev–Trinajstić information content (AvgIpc) is 3.36. The van der Waals surface area contributed by atoms with Gasteiger partial charge >= 0.3 is 0 Å². The molecule has 0 radical (unpaired) electrons. The van der Waals surface area contributed by atoms with E-state index < -0.39 is 0 Å². The number of nitrogens with zero attached hydrogens (tertiary/aromatic N) is 2. The quantitative estimate of drug-likeness (QED) is 0.220. The molecule has 1 aromatic heterocycles. The largest absolute Gasteiger partial charge is 0.334 e. The Bertz CT molecular complexity index is 1110. The molecule has 0 bridgehead atoms. The molecule has 170 valence electrons. The fourth-order valence-electron chi connectivity index (χ4n) is 4.11. The van der Waals surface area contributed by atoms with Gasteiger partial charge in [-0.3, -0.25) is 0 Å². The van der Waals surface area contributed by atoms with Crippen LogP contribution in [0.3, 0.4) is 0 Å². The third-order valence-electron chi connectivity index (χ3n) is 6.20. The van der Waals surface area contributed by atoms with Gasteiger partial charge in [0.05, 0.1) is 0 Å². The number of aryl methyl sites for hydroxylation is 2. The molecule has 4 rings (SSSR count). The monoisotopic (exact) mass is 438 g/mol. The Morgan fingerprint density at radius 3 is 1.52 bits per heavy atom. The van der Waals surface area contributed by atoms with Crippen molar-refractivity contribution in [3.63, 3.8) is 0 Å². The zero-order chi connectivity index (χ0) is 22.9. The molecule has 0 N–H and O–H groups in total. The van der Waals surface area contributed by atoms with Gasteiger partial charge in [-0.05, 0) is 60.1 Å². The van der Waals surface area contributed by atoms with Crippen molar-refractivity contribution in [3.05, 3.63) is 83.9 Å². The normalized spacial score (nSPS) is 11.1. The van der Waals surface area contributed by atoms with Crippen molar-refractivity contribution in [2.24, 2.45) is 0 Å². The van der Waals surface area contributed by atoms with E-state index in [0.29, 0.717) is 11.7 Å². The smallest absolute Gasteiger partial charge is 0.258 e. The minimum atomic E-state index is 0.563. The van der Waals surface area contributed by atoms with Gasteiger partial charge in [0.25, 0.3) is 5.89 Å². The van der Waals surface area contributed by atoms with Gasteiger partial charge in [-0.1, -0.05) is 105 Å². The second-order valence-electron chi connectivity index (χ2n) is 8.81. The lowest BCUT2D eigenvalue weighted by atomic mass is 10.0. The molecule has 0 aliphatic rings. The SMILES string of the molecule is CCCCCc1ccc(-c2ccc(-c3noc(-c4ccc(CCCCC)cc4)n3)cc2)cc1. The van der Waals surface area contributed by atoms with Crippen molar-refractivity contribution in [3.8, 4) is 34.0 Å². The molecular formula is C30H34N2O. The van der Waals surface area contributed by atoms with Crippen LogP contribution >= 0.6 is 0 Å². The Morgan fingerprint density at radius 2 is 1.00 bits per heavy atom. The standard InChI is InChI=1S/C30H34N2O/c1-3-5-7-9-23-11-15-25(16-12-23)26-19-21-27(22-20-26)29-31-30(33-32-29)28-17-13-24(14-18-28)10-8-6-4-2/h11-22H,3-10H2,1-2H3. The van der Waals surface area contributed by atoms with Crippen LogP contribution in [0, 0.1) is 0 Å². The average molecular weight is 439 g/mol. The maximum atomic E-state index is 5.55. The molecule has 3 heteroatoms. The highest BCUT2D eigenvalue weighted by Crippen LogP contribution is 2.26. The number of unbranched alkanes of at least 4 members (excludes halogenated alkanes) is 4. The predicted octanol–water partition coefficient (Wildman–Crippen LogP) is 8.54. The van der Waals surface area contributed by atoms with Gasteiger partial charge in [0.2, 0.25) is 5.82 Å². The second-order valence-corrected chi connectivity index (χ2v) is 8.81. The first kappa shape index (κ1) is 23.0. The Morgan fingerprint density at radius 1 is 0.545 bits per heavy atom. The third-order valence-corrected chi connectivity index (χ3v) is 6.20. The van der Waals surface area contributed by atoms with Crippen LogP contribution < -0.4 is 0 Å². The van der Waals surface area contributed by atoms with Gasteiger partial charge in [-0.25, -0.2) is 0 Å². The van der Waals surface area contributed by atoms with Crippen LogP contribution in [-0.2, 0) is 12.8 Å². The van der Waals surface area contributed by atoms with Crippen LogP contribution in [0.5, 0.6) is 0 Å². The van der Waals surface area contributed by atoms with Gasteiger partial charge in [-0.15, -0.1) is 0 Å². The molecule has 0 fully saturated rings. The van der Waals surface area contributed by atoms with Crippen LogP contribution in [0.15, 0.2) is 77.3 Å². The van der Waals surface area contributed by atoms with Crippen molar-refractivity contribution in [1.82, 2.24) is 10.1 Å². The summed E-state index contributed by atoms with van der Waals surface area (Å²) in [6, 6.07) is 25.8. The molecule has 3 nitrogen and oxygen atoms in total. The fourth-order valence-corrected chi connectivity index (χ4v) is 4.11. The van der Waals surface area contributed by atoms with E-state index in [1.165, 1.54) is 60.8 Å². The zero-order valence-electron chi connectivity index (χ0n) is 19.9. The summed E-state index contributed by atoms with van der Waals surface area (Å²) in [5.74, 6) is 1.18. The molecule has 3 aromatic carbocycles. The van der Waals surface area contributed by atoms with Crippen LogP contribution in [0.1, 0.15) is 63.5 Å². The van der Waals surface area contributed by atoms with Crippen LogP contribution in [-0.4, -0.2) is 10.1 Å². The van der Waals surface area contributed by atoms with E-state index in [4.69, 9.17) is 4.52 Å². The van der Waals surface area contributed by atoms with E-state index in [1.54, 1.807) is 0 Å². The van der Waals surface area contributed by atoms with E-state index in [-0.39, 0.29) is 0 Å². The minimum absolute atomic E-state index is 0.563. The molecule has 0 saturated heterocycles. The van der Waals surface area contributed by atoms with Crippen LogP contribution in [0.25, 0.3) is 34.0 Å². The summed E-state index contributed by atoms with van der Waals surface area (Å²) in [7, 11) is 0. The summed E-state index contributed by atoms with van der Waals surface area (Å²) in [5, 5.41) is 4.21. The summed E-state index contributed by atoms with van der Waals surface area (Å²) in [4.78, 5) is 4.63. The number of rotatable bonds is 11. The Balaban J connectivity index is 1.40. The van der Waals surface area contributed by atoms with E-state index in [0.717, 1.165) is 24.0 Å². The molecule has 0 atom stereocenters. The molecule has 0 saturated carbocycles. The summed E-state index contributed by atoms with van der Waals surface area (Å²) in [6.45, 7) is 4.48. The van der Waals surface area contributed by atoms with E-state index in [9.17, 15) is 0 Å². The topological polar surface area (TPSA) is 38.9 Å². The predicted molar refractivity (Wildman–Crippen MR) is 137 cm³/mol. The lowest BCUT2D eigenvalue weighted by Gasteiger charge is -2.05. The lowest BCUT2D eigenvalue weighted by molar-refractivity contribution is 0.432. The van der Waals surface area contributed by atoms with Crippen molar-refractivity contribution in [1.29, 1.82) is 0 Å². The highest BCUT2D eigenvalue weighted by atomic mass is 16.5. The number of hydrogen-bond acceptors (Lipinski definition) is 3. The maximum absolute atomic E-state index is 5.55. The molecule has 33 heavy (non-hydrogen) atoms. The summed E-state index contributed by atoms with van der Waals surface area (Å²) >= 11 is 0. The summed E-state index contributed by atoms with van der Waals surface area (Å²) in [5.41, 5.74) is 7.12. The van der Waals surface area contributed by atoms with E-state index in [1.807, 2.05) is 0 Å². The minimum Gasteiger partial charge on any atom is -0.334 e. The van der Waals surface area contributed by atoms with Crippen molar-refractivity contribution in [2.45, 2.75) is 65.2 Å². The number of hydrogen-bond donors (Lipinski definition) is 0. The van der Waals surface area contributed by atoms with Gasteiger partial charge in [0.15, 0.2) is 0 Å². The van der Waals surface area contributed by atoms with Crippen molar-refractivity contribution < 1.29 is 4.52 Å². The molecule has 0 amide bonds. The summed E-state index contributed by atoms with van der Waals surface area (Å²) in [6.07, 6.45) is 9.86. The van der Waals surface area contributed by atoms with Crippen molar-refractivity contribution >= 4 is 0 Å². The molecule has 1 heterocycles. The van der Waals surface area contributed by atoms with Gasteiger partial charge in [-0.2, -0.15) is 4.98 Å². The molecule has 0 aliphatic carbocycles. The Hall–Kier alpha value is -3.20. The first-order valence-corrected chi connectivity index (χ1v) is 12.4. The van der Waals surface area contributed by atoms with Gasteiger partial charge < -0.3 is 4.52 Å². The van der Waals surface area contributed by atoms with Crippen LogP contribution in [0.2, 0.25) is 0 Å². The van der Waals surface area contributed by atoms with Gasteiger partial charge in [0.1, 0.15) is 0 Å². The third kappa shape index (κ3) is 6.19. The number of aromatic nitrogens is 2. The highest BCUT2D eigenvalue weighted by molar-refractivity contribution is 5.68. The zero-order valence-corrected chi connectivity index (χ0v) is 19.9. The molecule has 0 spiro atoms. The second kappa shape index (κ2) is 11.6. The van der Waals surface area contributed by atoms with Crippen molar-refractivity contribution in [2.75, 3.05) is 0 Å². The molecule has 4 aromatic rings. The molecule has 0 aliphatic heterocycles. The summed E-state index contributed by atoms with van der Waals surface area (Å²) < 4.78 is 5.55. The highest BCUT2D eigenvalue weighted by Gasteiger charge is 2.11. The van der Waals surface area contributed by atoms with E-state index in [2.05, 4.69) is 96.8 Å². The first-order valence-electron chi connectivity index (χ1n) is 12.4. The Kier molecular flexibility index (Phi) is 8.08. The first-order chi connectivity index (χ1) is 16.3. The lowest BCUT2D eigenvalue weighted by Crippen LogP contribution is -1.87. The molecular weight excluding hydrogens is 404 g/mol. The number of benzene rings is 3. The maximum Gasteiger partial charge on any atom is 0.258 e. The Labute approximate surface area is 197 Å². The fraction of sp³-hybridized carbons (Fsp3) is 0.333. The van der Waals surface area contributed by atoms with Crippen LogP contribution in [0.4, 0.5) is 0 Å². The molecule has 0 unspecified atom stereocenters. The van der Waals surface area contributed by atoms with Gasteiger partial charge in [0, 0.05) is 11.1 Å². The van der Waals surface area contributed by atoms with E-state index >= 15 is 0 Å².